The number of carbonyl (C=O) groups excluding carboxylic acids is 1. The molecule has 0 spiro atoms. The highest BCUT2D eigenvalue weighted by Crippen LogP contribution is 2.36. The van der Waals surface area contributed by atoms with E-state index >= 15 is 0 Å². The van der Waals surface area contributed by atoms with Crippen LogP contribution in [0.3, 0.4) is 0 Å². The monoisotopic (exact) mass is 380 g/mol. The third-order valence-electron chi connectivity index (χ3n) is 3.01. The lowest BCUT2D eigenvalue weighted by molar-refractivity contribution is 0.0739. The van der Waals surface area contributed by atoms with Crippen LogP contribution >= 0.6 is 38.9 Å². The van der Waals surface area contributed by atoms with Gasteiger partial charge in [0.05, 0.1) is 9.50 Å². The average Bonchev–Trinajstić information content (AvgIpc) is 2.80. The molecule has 0 atom stereocenters. The third kappa shape index (κ3) is 2.84. The van der Waals surface area contributed by atoms with Crippen molar-refractivity contribution in [2.45, 2.75) is 6.92 Å². The van der Waals surface area contributed by atoms with Gasteiger partial charge in [0.25, 0.3) is 0 Å². The Morgan fingerprint density at radius 1 is 1.24 bits per heavy atom. The Kier molecular flexibility index (Phi) is 4.02. The van der Waals surface area contributed by atoms with Crippen molar-refractivity contribution in [2.75, 3.05) is 0 Å². The number of hydrogen-bond donors (Lipinski definition) is 0. The lowest BCUT2D eigenvalue weighted by Gasteiger charge is -2.06. The quantitative estimate of drug-likeness (QED) is 0.411. The largest absolute Gasteiger partial charge is 0.421 e. The fraction of sp³-hybridized carbons (Fsp3) is 0.0625. The molecule has 106 valence electrons. The number of esters is 1. The van der Waals surface area contributed by atoms with Gasteiger partial charge in [-0.15, -0.1) is 11.3 Å². The van der Waals surface area contributed by atoms with Gasteiger partial charge in [0, 0.05) is 10.1 Å². The molecule has 0 aliphatic heterocycles. The number of aryl methyl sites for hydroxylation is 1. The molecule has 1 heterocycles. The Labute approximate surface area is 139 Å². The number of fused-ring (bicyclic) bond motifs is 1. The van der Waals surface area contributed by atoms with E-state index < -0.39 is 5.97 Å². The molecule has 0 amide bonds. The molecule has 3 aromatic rings. The fourth-order valence-electron chi connectivity index (χ4n) is 1.98. The summed E-state index contributed by atoms with van der Waals surface area (Å²) in [5, 5.41) is 1.32. The van der Waals surface area contributed by atoms with E-state index in [0.29, 0.717) is 15.6 Å². The van der Waals surface area contributed by atoms with Crippen LogP contribution in [-0.4, -0.2) is 5.97 Å². The number of thiophene rings is 1. The van der Waals surface area contributed by atoms with E-state index in [4.69, 9.17) is 16.3 Å². The number of halogens is 2. The molecule has 0 aliphatic rings. The third-order valence-corrected chi connectivity index (χ3v) is 5.29. The Morgan fingerprint density at radius 3 is 2.71 bits per heavy atom. The summed E-state index contributed by atoms with van der Waals surface area (Å²) >= 11 is 11.0. The second-order valence-corrected chi connectivity index (χ2v) is 6.85. The molecule has 0 bridgehead atoms. The highest BCUT2D eigenvalue weighted by molar-refractivity contribution is 9.10. The van der Waals surface area contributed by atoms with Crippen molar-refractivity contribution in [1.82, 2.24) is 0 Å². The maximum atomic E-state index is 12.3. The van der Waals surface area contributed by atoms with Gasteiger partial charge in [0.1, 0.15) is 10.6 Å². The zero-order valence-corrected chi connectivity index (χ0v) is 14.2. The fourth-order valence-corrected chi connectivity index (χ4v) is 3.94. The van der Waals surface area contributed by atoms with Gasteiger partial charge < -0.3 is 4.74 Å². The summed E-state index contributed by atoms with van der Waals surface area (Å²) in [7, 11) is 0. The summed E-state index contributed by atoms with van der Waals surface area (Å²) in [5.74, 6) is 0.0462. The van der Waals surface area contributed by atoms with Crippen LogP contribution in [0.5, 0.6) is 5.75 Å². The van der Waals surface area contributed by atoms with Crippen molar-refractivity contribution in [3.8, 4) is 5.75 Å². The summed E-state index contributed by atoms with van der Waals surface area (Å²) in [5.41, 5.74) is 1.08. The van der Waals surface area contributed by atoms with Gasteiger partial charge >= 0.3 is 5.97 Å². The van der Waals surface area contributed by atoms with E-state index in [1.807, 2.05) is 43.3 Å². The van der Waals surface area contributed by atoms with Gasteiger partial charge in [-0.2, -0.15) is 0 Å². The first-order valence-corrected chi connectivity index (χ1v) is 8.20. The van der Waals surface area contributed by atoms with E-state index in [-0.39, 0.29) is 0 Å². The maximum absolute atomic E-state index is 12.3. The van der Waals surface area contributed by atoms with Crippen LogP contribution in [0.2, 0.25) is 5.02 Å². The molecular weight excluding hydrogens is 372 g/mol. The molecule has 5 heteroatoms. The van der Waals surface area contributed by atoms with Crippen LogP contribution in [0.1, 0.15) is 15.2 Å². The minimum atomic E-state index is -0.439. The van der Waals surface area contributed by atoms with Crippen LogP contribution in [0.4, 0.5) is 0 Å². The Morgan fingerprint density at radius 2 is 2.00 bits per heavy atom. The van der Waals surface area contributed by atoms with Crippen molar-refractivity contribution in [3.63, 3.8) is 0 Å². The zero-order chi connectivity index (χ0) is 15.0. The van der Waals surface area contributed by atoms with Crippen molar-refractivity contribution in [2.24, 2.45) is 0 Å². The van der Waals surface area contributed by atoms with Crippen LogP contribution in [-0.2, 0) is 0 Å². The van der Waals surface area contributed by atoms with E-state index in [2.05, 4.69) is 15.9 Å². The molecule has 2 aromatic carbocycles. The minimum Gasteiger partial charge on any atom is -0.421 e. The summed E-state index contributed by atoms with van der Waals surface area (Å²) in [6.07, 6.45) is 0. The van der Waals surface area contributed by atoms with Crippen molar-refractivity contribution < 1.29 is 9.53 Å². The molecule has 0 radical (unpaired) electrons. The molecule has 0 N–H and O–H groups in total. The molecule has 21 heavy (non-hydrogen) atoms. The summed E-state index contributed by atoms with van der Waals surface area (Å²) in [4.78, 5) is 12.7. The SMILES string of the molecule is Cc1ccc(OC(=O)c2sc3ccccc3c2Cl)c(Br)c1. The van der Waals surface area contributed by atoms with E-state index in [0.717, 1.165) is 20.1 Å². The first-order chi connectivity index (χ1) is 10.1. The molecule has 2 nitrogen and oxygen atoms in total. The number of carbonyl (C=O) groups is 1. The van der Waals surface area contributed by atoms with Gasteiger partial charge in [0.15, 0.2) is 0 Å². The molecule has 0 aliphatic carbocycles. The minimum absolute atomic E-state index is 0.422. The Balaban J connectivity index is 1.95. The summed E-state index contributed by atoms with van der Waals surface area (Å²) in [6, 6.07) is 13.2. The predicted molar refractivity (Wildman–Crippen MR) is 90.7 cm³/mol. The van der Waals surface area contributed by atoms with Gasteiger partial charge in [-0.25, -0.2) is 4.79 Å². The molecule has 0 fully saturated rings. The van der Waals surface area contributed by atoms with Gasteiger partial charge in [-0.1, -0.05) is 35.9 Å². The van der Waals surface area contributed by atoms with E-state index in [1.54, 1.807) is 6.07 Å². The topological polar surface area (TPSA) is 26.3 Å². The molecule has 0 unspecified atom stereocenters. The van der Waals surface area contributed by atoms with Gasteiger partial charge in [-0.3, -0.25) is 0 Å². The average molecular weight is 382 g/mol. The van der Waals surface area contributed by atoms with E-state index in [1.165, 1.54) is 11.3 Å². The lowest BCUT2D eigenvalue weighted by Crippen LogP contribution is -2.07. The standard InChI is InChI=1S/C16H10BrClO2S/c1-9-6-7-12(11(17)8-9)20-16(19)15-14(18)10-4-2-3-5-13(10)21-15/h2-8H,1H3. The van der Waals surface area contributed by atoms with Crippen molar-refractivity contribution >= 4 is 54.9 Å². The predicted octanol–water partition coefficient (Wildman–Crippen LogP) is 5.84. The first-order valence-electron chi connectivity index (χ1n) is 6.21. The highest BCUT2D eigenvalue weighted by atomic mass is 79.9. The molecule has 1 aromatic heterocycles. The molecular formula is C16H10BrClO2S. The first kappa shape index (κ1) is 14.6. The second-order valence-electron chi connectivity index (χ2n) is 4.56. The number of hydrogen-bond acceptors (Lipinski definition) is 3. The van der Waals surface area contributed by atoms with Crippen molar-refractivity contribution in [1.29, 1.82) is 0 Å². The van der Waals surface area contributed by atoms with Crippen molar-refractivity contribution in [3.05, 3.63) is 62.4 Å². The molecule has 0 saturated carbocycles. The summed E-state index contributed by atoms with van der Waals surface area (Å²) in [6.45, 7) is 1.97. The van der Waals surface area contributed by atoms with Crippen LogP contribution in [0.25, 0.3) is 10.1 Å². The van der Waals surface area contributed by atoms with Crippen LogP contribution in [0.15, 0.2) is 46.9 Å². The smallest absolute Gasteiger partial charge is 0.355 e. The Bertz CT molecular complexity index is 841. The van der Waals surface area contributed by atoms with Gasteiger partial charge in [-0.05, 0) is 46.6 Å². The summed E-state index contributed by atoms with van der Waals surface area (Å²) < 4.78 is 7.15. The van der Waals surface area contributed by atoms with E-state index in [9.17, 15) is 4.79 Å². The lowest BCUT2D eigenvalue weighted by atomic mass is 10.2. The number of rotatable bonds is 2. The molecule has 0 saturated heterocycles. The maximum Gasteiger partial charge on any atom is 0.355 e. The van der Waals surface area contributed by atoms with Crippen LogP contribution < -0.4 is 4.74 Å². The number of ether oxygens (including phenoxy) is 1. The molecule has 3 rings (SSSR count). The normalized spacial score (nSPS) is 10.8. The number of benzene rings is 2. The zero-order valence-electron chi connectivity index (χ0n) is 11.0. The Hall–Kier alpha value is -1.36. The second kappa shape index (κ2) is 5.79. The van der Waals surface area contributed by atoms with Crippen LogP contribution in [0, 0.1) is 6.92 Å². The van der Waals surface area contributed by atoms with Gasteiger partial charge in [0.2, 0.25) is 0 Å². The highest BCUT2D eigenvalue weighted by Gasteiger charge is 2.19.